The molecular weight excluding hydrogens is 380 g/mol. The van der Waals surface area contributed by atoms with Crippen molar-refractivity contribution in [1.29, 1.82) is 0 Å². The summed E-state index contributed by atoms with van der Waals surface area (Å²) >= 11 is 5.74. The van der Waals surface area contributed by atoms with Crippen LogP contribution >= 0.6 is 12.2 Å². The first-order valence-corrected chi connectivity index (χ1v) is 10.3. The maximum atomic E-state index is 10.6. The molecule has 2 N–H and O–H groups in total. The highest BCUT2D eigenvalue weighted by molar-refractivity contribution is 7.80. The minimum absolute atomic E-state index is 0.121. The molecule has 0 aliphatic carbocycles. The van der Waals surface area contributed by atoms with Crippen molar-refractivity contribution in [1.82, 2.24) is 14.9 Å². The zero-order valence-corrected chi connectivity index (χ0v) is 17.9. The lowest BCUT2D eigenvalue weighted by molar-refractivity contribution is 0.472. The number of nitrogens with zero attached hydrogens (tertiary/aromatic N) is 3. The van der Waals surface area contributed by atoms with Gasteiger partial charge in [0, 0.05) is 23.6 Å². The van der Waals surface area contributed by atoms with Crippen LogP contribution in [0.4, 0.5) is 5.69 Å². The van der Waals surface area contributed by atoms with Crippen molar-refractivity contribution in [3.8, 4) is 5.75 Å². The highest BCUT2D eigenvalue weighted by atomic mass is 32.1. The van der Waals surface area contributed by atoms with Crippen molar-refractivity contribution in [2.45, 2.75) is 45.8 Å². The molecule has 29 heavy (non-hydrogen) atoms. The number of anilines is 1. The summed E-state index contributed by atoms with van der Waals surface area (Å²) in [4.78, 5) is 6.62. The van der Waals surface area contributed by atoms with Gasteiger partial charge in [-0.25, -0.2) is 0 Å². The lowest BCUT2D eigenvalue weighted by Gasteiger charge is -2.28. The SMILES string of the molecule is Cc1cc([C@H]2[C@H](c3ccccn3)NC(=S)N2c2ccccc2O)c(C)n1C(C)C. The third-order valence-electron chi connectivity index (χ3n) is 5.60. The minimum Gasteiger partial charge on any atom is -0.506 e. The van der Waals surface area contributed by atoms with E-state index in [1.54, 1.807) is 12.3 Å². The van der Waals surface area contributed by atoms with Crippen molar-refractivity contribution in [2.24, 2.45) is 0 Å². The highest BCUT2D eigenvalue weighted by Gasteiger charge is 2.43. The Bertz CT molecular complexity index is 1040. The van der Waals surface area contributed by atoms with Crippen LogP contribution in [0.1, 0.15) is 54.6 Å². The van der Waals surface area contributed by atoms with Crippen LogP contribution < -0.4 is 10.2 Å². The molecular formula is C23H26N4OS. The van der Waals surface area contributed by atoms with Crippen molar-refractivity contribution >= 4 is 23.0 Å². The van der Waals surface area contributed by atoms with Crippen LogP contribution in [-0.4, -0.2) is 19.8 Å². The van der Waals surface area contributed by atoms with E-state index in [9.17, 15) is 5.11 Å². The van der Waals surface area contributed by atoms with E-state index in [0.29, 0.717) is 16.8 Å². The predicted molar refractivity (Wildman–Crippen MR) is 120 cm³/mol. The molecule has 2 atom stereocenters. The number of hydrogen-bond acceptors (Lipinski definition) is 3. The largest absolute Gasteiger partial charge is 0.506 e. The van der Waals surface area contributed by atoms with Crippen LogP contribution in [0.25, 0.3) is 0 Å². The Hall–Kier alpha value is -2.86. The van der Waals surface area contributed by atoms with Gasteiger partial charge >= 0.3 is 0 Å². The topological polar surface area (TPSA) is 53.3 Å². The average molecular weight is 407 g/mol. The average Bonchev–Trinajstić information content (AvgIpc) is 3.18. The fourth-order valence-corrected chi connectivity index (χ4v) is 4.83. The van der Waals surface area contributed by atoms with E-state index in [1.165, 1.54) is 17.0 Å². The first-order valence-electron chi connectivity index (χ1n) is 9.87. The second kappa shape index (κ2) is 7.52. The Morgan fingerprint density at radius 3 is 2.45 bits per heavy atom. The van der Waals surface area contributed by atoms with Gasteiger partial charge in [-0.15, -0.1) is 0 Å². The number of rotatable bonds is 4. The van der Waals surface area contributed by atoms with Gasteiger partial charge in [-0.2, -0.15) is 0 Å². The normalized spacial score (nSPS) is 19.1. The summed E-state index contributed by atoms with van der Waals surface area (Å²) in [5.74, 6) is 0.209. The fourth-order valence-electron chi connectivity index (χ4n) is 4.49. The molecule has 1 aliphatic heterocycles. The number of nitrogens with one attached hydrogen (secondary N) is 1. The monoisotopic (exact) mass is 406 g/mol. The van der Waals surface area contributed by atoms with Gasteiger partial charge in [0.2, 0.25) is 0 Å². The summed E-state index contributed by atoms with van der Waals surface area (Å²) in [7, 11) is 0. The Morgan fingerprint density at radius 1 is 1.10 bits per heavy atom. The Kier molecular flexibility index (Phi) is 5.04. The molecule has 0 spiro atoms. The summed E-state index contributed by atoms with van der Waals surface area (Å²) in [6, 6.07) is 15.6. The molecule has 1 saturated heterocycles. The summed E-state index contributed by atoms with van der Waals surface area (Å²) in [6.45, 7) is 8.68. The third-order valence-corrected chi connectivity index (χ3v) is 5.91. The van der Waals surface area contributed by atoms with Crippen LogP contribution in [0.15, 0.2) is 54.7 Å². The van der Waals surface area contributed by atoms with Crippen molar-refractivity contribution < 1.29 is 5.11 Å². The van der Waals surface area contributed by atoms with E-state index >= 15 is 0 Å². The molecule has 1 aliphatic rings. The number of benzene rings is 1. The molecule has 4 rings (SSSR count). The molecule has 1 fully saturated rings. The van der Waals surface area contributed by atoms with Gasteiger partial charge in [0.15, 0.2) is 5.11 Å². The summed E-state index contributed by atoms with van der Waals surface area (Å²) in [5, 5.41) is 14.6. The van der Waals surface area contributed by atoms with Crippen LogP contribution in [0.3, 0.4) is 0 Å². The van der Waals surface area contributed by atoms with Gasteiger partial charge in [-0.3, -0.25) is 4.98 Å². The molecule has 0 unspecified atom stereocenters. The fraction of sp³-hybridized carbons (Fsp3) is 0.304. The zero-order valence-electron chi connectivity index (χ0n) is 17.1. The molecule has 2 aromatic heterocycles. The van der Waals surface area contributed by atoms with E-state index in [-0.39, 0.29) is 17.8 Å². The van der Waals surface area contributed by atoms with Crippen molar-refractivity contribution in [2.75, 3.05) is 4.90 Å². The molecule has 1 aromatic carbocycles. The Balaban J connectivity index is 1.92. The number of aromatic hydroxyl groups is 1. The molecule has 3 heterocycles. The number of phenols is 1. The van der Waals surface area contributed by atoms with Gasteiger partial charge in [-0.1, -0.05) is 18.2 Å². The second-order valence-electron chi connectivity index (χ2n) is 7.78. The van der Waals surface area contributed by atoms with E-state index < -0.39 is 0 Å². The summed E-state index contributed by atoms with van der Waals surface area (Å²) < 4.78 is 2.34. The molecule has 0 saturated carbocycles. The van der Waals surface area contributed by atoms with Gasteiger partial charge in [-0.05, 0) is 75.8 Å². The molecule has 0 amide bonds. The van der Waals surface area contributed by atoms with E-state index in [2.05, 4.69) is 48.6 Å². The van der Waals surface area contributed by atoms with Crippen molar-refractivity contribution in [3.05, 3.63) is 77.4 Å². The smallest absolute Gasteiger partial charge is 0.174 e. The van der Waals surface area contributed by atoms with Gasteiger partial charge < -0.3 is 19.9 Å². The van der Waals surface area contributed by atoms with Crippen LogP contribution in [-0.2, 0) is 0 Å². The van der Waals surface area contributed by atoms with Crippen molar-refractivity contribution in [3.63, 3.8) is 0 Å². The number of thiocarbonyl (C=S) groups is 1. The van der Waals surface area contributed by atoms with E-state index in [1.807, 2.05) is 41.3 Å². The third kappa shape index (κ3) is 3.27. The Morgan fingerprint density at radius 2 is 1.83 bits per heavy atom. The number of aryl methyl sites for hydroxylation is 1. The van der Waals surface area contributed by atoms with Crippen LogP contribution in [0, 0.1) is 13.8 Å². The number of phenolic OH excluding ortho intramolecular Hbond substituents is 1. The zero-order chi connectivity index (χ0) is 20.7. The van der Waals surface area contributed by atoms with Crippen LogP contribution in [0.2, 0.25) is 0 Å². The molecule has 5 nitrogen and oxygen atoms in total. The summed E-state index contributed by atoms with van der Waals surface area (Å²) in [6.07, 6.45) is 1.80. The number of aromatic nitrogens is 2. The number of para-hydroxylation sites is 2. The molecule has 150 valence electrons. The standard InChI is InChI=1S/C23H26N4OS/c1-14(2)26-15(3)13-17(16(26)4)22-21(18-9-7-8-12-24-18)25-23(29)27(22)19-10-5-6-11-20(19)28/h5-14,21-22,28H,1-4H3,(H,25,29)/t21-,22-/m0/s1. The molecule has 6 heteroatoms. The number of pyridine rings is 1. The second-order valence-corrected chi connectivity index (χ2v) is 8.16. The first kappa shape index (κ1) is 19.5. The molecule has 0 bridgehead atoms. The van der Waals surface area contributed by atoms with E-state index in [0.717, 1.165) is 5.69 Å². The number of hydrogen-bond donors (Lipinski definition) is 2. The quantitative estimate of drug-likeness (QED) is 0.600. The van der Waals surface area contributed by atoms with E-state index in [4.69, 9.17) is 12.2 Å². The predicted octanol–water partition coefficient (Wildman–Crippen LogP) is 4.96. The lowest BCUT2D eigenvalue weighted by atomic mass is 9.96. The first-order chi connectivity index (χ1) is 13.9. The molecule has 3 aromatic rings. The maximum absolute atomic E-state index is 10.6. The lowest BCUT2D eigenvalue weighted by Crippen LogP contribution is -2.29. The Labute approximate surface area is 177 Å². The van der Waals surface area contributed by atoms with Gasteiger partial charge in [0.1, 0.15) is 5.75 Å². The maximum Gasteiger partial charge on any atom is 0.174 e. The molecule has 0 radical (unpaired) electrons. The summed E-state index contributed by atoms with van der Waals surface area (Å²) in [5.41, 5.74) is 5.22. The highest BCUT2D eigenvalue weighted by Crippen LogP contribution is 2.45. The minimum atomic E-state index is -0.121. The van der Waals surface area contributed by atoms with Crippen LogP contribution in [0.5, 0.6) is 5.75 Å². The van der Waals surface area contributed by atoms with Gasteiger partial charge in [0.05, 0.1) is 23.5 Å². The van der Waals surface area contributed by atoms with Gasteiger partial charge in [0.25, 0.3) is 0 Å².